The fraction of sp³-hybridized carbons (Fsp3) is 0.667. The molecule has 0 N–H and O–H groups in total. The van der Waals surface area contributed by atoms with Gasteiger partial charge in [0.05, 0.1) is 0 Å². The maximum atomic E-state index is 5.97. The summed E-state index contributed by atoms with van der Waals surface area (Å²) in [5.74, 6) is 0.366. The second-order valence-electron chi connectivity index (χ2n) is 5.62. The van der Waals surface area contributed by atoms with Gasteiger partial charge in [0.15, 0.2) is 0 Å². The Balaban J connectivity index is 2.24. The third-order valence-electron chi connectivity index (χ3n) is 3.74. The minimum absolute atomic E-state index is 0.509. The summed E-state index contributed by atoms with van der Waals surface area (Å²) in [5.41, 5.74) is 0. The third-order valence-corrected chi connectivity index (χ3v) is 3.74. The van der Waals surface area contributed by atoms with Crippen molar-refractivity contribution in [3.8, 4) is 5.75 Å². The number of rotatable bonds is 11. The molecule has 2 nitrogen and oxygen atoms in total. The Morgan fingerprint density at radius 3 is 2.10 bits per heavy atom. The molecule has 0 fully saturated rings. The molecular formula is C18H30O2. The molecule has 0 aliphatic heterocycles. The van der Waals surface area contributed by atoms with Crippen LogP contribution in [0.15, 0.2) is 30.3 Å². The minimum atomic E-state index is -0.509. The van der Waals surface area contributed by atoms with Crippen molar-refractivity contribution < 1.29 is 9.47 Å². The highest BCUT2D eigenvalue weighted by Crippen LogP contribution is 2.24. The number of benzene rings is 1. The molecule has 1 aromatic carbocycles. The average Bonchev–Trinajstić information content (AvgIpc) is 2.47. The van der Waals surface area contributed by atoms with Crippen LogP contribution < -0.4 is 4.74 Å². The molecule has 0 aromatic heterocycles. The lowest BCUT2D eigenvalue weighted by molar-refractivity contribution is -0.155. The van der Waals surface area contributed by atoms with Gasteiger partial charge >= 0.3 is 0 Å². The van der Waals surface area contributed by atoms with Gasteiger partial charge < -0.3 is 9.47 Å². The van der Waals surface area contributed by atoms with Crippen molar-refractivity contribution in [1.82, 2.24) is 0 Å². The van der Waals surface area contributed by atoms with E-state index in [2.05, 4.69) is 6.92 Å². The van der Waals surface area contributed by atoms with Crippen LogP contribution in [-0.2, 0) is 4.74 Å². The topological polar surface area (TPSA) is 18.5 Å². The Morgan fingerprint density at radius 2 is 1.50 bits per heavy atom. The van der Waals surface area contributed by atoms with Crippen molar-refractivity contribution in [2.45, 2.75) is 71.0 Å². The van der Waals surface area contributed by atoms with E-state index in [0.29, 0.717) is 0 Å². The first-order valence-corrected chi connectivity index (χ1v) is 7.99. The van der Waals surface area contributed by atoms with Crippen molar-refractivity contribution in [1.29, 1.82) is 0 Å². The number of ether oxygens (including phenoxy) is 2. The summed E-state index contributed by atoms with van der Waals surface area (Å²) >= 11 is 0. The number of para-hydroxylation sites is 1. The molecular weight excluding hydrogens is 248 g/mol. The fourth-order valence-corrected chi connectivity index (χ4v) is 2.34. The summed E-state index contributed by atoms with van der Waals surface area (Å²) in [6.07, 6.45) is 10.1. The number of unbranched alkanes of at least 4 members (excludes halogenated alkanes) is 6. The van der Waals surface area contributed by atoms with E-state index in [1.165, 1.54) is 38.5 Å². The molecule has 0 aliphatic carbocycles. The summed E-state index contributed by atoms with van der Waals surface area (Å²) in [6.45, 7) is 4.28. The Morgan fingerprint density at radius 1 is 0.900 bits per heavy atom. The van der Waals surface area contributed by atoms with Crippen LogP contribution in [0.4, 0.5) is 0 Å². The first-order valence-electron chi connectivity index (χ1n) is 7.99. The first-order chi connectivity index (χ1) is 9.70. The largest absolute Gasteiger partial charge is 0.463 e. The zero-order valence-electron chi connectivity index (χ0n) is 13.4. The predicted octanol–water partition coefficient (Wildman–Crippen LogP) is 5.57. The smallest absolute Gasteiger partial charge is 0.207 e. The van der Waals surface area contributed by atoms with Crippen LogP contribution in [0, 0.1) is 0 Å². The molecule has 0 heterocycles. The highest BCUT2D eigenvalue weighted by molar-refractivity contribution is 5.21. The van der Waals surface area contributed by atoms with Crippen LogP contribution in [0.1, 0.15) is 65.2 Å². The van der Waals surface area contributed by atoms with Crippen molar-refractivity contribution >= 4 is 0 Å². The molecule has 2 heteroatoms. The van der Waals surface area contributed by atoms with E-state index in [1.807, 2.05) is 37.3 Å². The first kappa shape index (κ1) is 17.0. The van der Waals surface area contributed by atoms with Gasteiger partial charge in [0.1, 0.15) is 5.75 Å². The van der Waals surface area contributed by atoms with Crippen molar-refractivity contribution in [2.24, 2.45) is 0 Å². The third kappa shape index (κ3) is 6.95. The van der Waals surface area contributed by atoms with Crippen molar-refractivity contribution in [2.75, 3.05) is 7.11 Å². The van der Waals surface area contributed by atoms with Crippen LogP contribution in [0.2, 0.25) is 0 Å². The summed E-state index contributed by atoms with van der Waals surface area (Å²) in [4.78, 5) is 0. The maximum Gasteiger partial charge on any atom is 0.207 e. The lowest BCUT2D eigenvalue weighted by atomic mass is 10.1. The zero-order valence-corrected chi connectivity index (χ0v) is 13.4. The van der Waals surface area contributed by atoms with Gasteiger partial charge in [-0.15, -0.1) is 0 Å². The average molecular weight is 278 g/mol. The molecule has 0 amide bonds. The van der Waals surface area contributed by atoms with E-state index in [1.54, 1.807) is 7.11 Å². The highest BCUT2D eigenvalue weighted by atomic mass is 16.7. The maximum absolute atomic E-state index is 5.97. The second kappa shape index (κ2) is 9.82. The molecule has 0 bridgehead atoms. The second-order valence-corrected chi connectivity index (χ2v) is 5.62. The summed E-state index contributed by atoms with van der Waals surface area (Å²) in [5, 5.41) is 0. The highest BCUT2D eigenvalue weighted by Gasteiger charge is 2.25. The summed E-state index contributed by atoms with van der Waals surface area (Å²) in [6, 6.07) is 9.91. The number of hydrogen-bond acceptors (Lipinski definition) is 2. The Hall–Kier alpha value is -1.02. The van der Waals surface area contributed by atoms with Crippen LogP contribution in [0.25, 0.3) is 0 Å². The van der Waals surface area contributed by atoms with Gasteiger partial charge in [-0.05, 0) is 18.6 Å². The van der Waals surface area contributed by atoms with E-state index in [9.17, 15) is 0 Å². The number of methoxy groups -OCH3 is 1. The Kier molecular flexibility index (Phi) is 8.36. The lowest BCUT2D eigenvalue weighted by Crippen LogP contribution is -2.34. The molecule has 0 saturated carbocycles. The molecule has 1 aromatic rings. The zero-order chi connectivity index (χ0) is 14.7. The molecule has 0 radical (unpaired) electrons. The van der Waals surface area contributed by atoms with Gasteiger partial charge in [-0.25, -0.2) is 0 Å². The normalized spacial score (nSPS) is 13.9. The molecule has 1 rings (SSSR count). The van der Waals surface area contributed by atoms with Crippen molar-refractivity contribution in [3.63, 3.8) is 0 Å². The standard InChI is InChI=1S/C18H30O2/c1-4-5-6-7-8-9-13-16-18(2,19-3)20-17-14-11-10-12-15-17/h10-12,14-15H,4-9,13,16H2,1-3H3. The molecule has 1 atom stereocenters. The van der Waals surface area contributed by atoms with Crippen LogP contribution in [0.5, 0.6) is 5.75 Å². The van der Waals surface area contributed by atoms with Gasteiger partial charge in [-0.3, -0.25) is 0 Å². The minimum Gasteiger partial charge on any atom is -0.463 e. The predicted molar refractivity (Wildman–Crippen MR) is 85.1 cm³/mol. The van der Waals surface area contributed by atoms with Crippen molar-refractivity contribution in [3.05, 3.63) is 30.3 Å². The Labute approximate surface area is 124 Å². The quantitative estimate of drug-likeness (QED) is 0.389. The molecule has 114 valence electrons. The van der Waals surface area contributed by atoms with E-state index in [4.69, 9.17) is 9.47 Å². The monoisotopic (exact) mass is 278 g/mol. The number of hydrogen-bond donors (Lipinski definition) is 0. The van der Waals surface area contributed by atoms with Crippen LogP contribution in [0.3, 0.4) is 0 Å². The van der Waals surface area contributed by atoms with E-state index in [-0.39, 0.29) is 0 Å². The van der Waals surface area contributed by atoms with Gasteiger partial charge in [0.2, 0.25) is 5.79 Å². The molecule has 20 heavy (non-hydrogen) atoms. The Bertz CT molecular complexity index is 337. The summed E-state index contributed by atoms with van der Waals surface area (Å²) < 4.78 is 11.5. The van der Waals surface area contributed by atoms with E-state index >= 15 is 0 Å². The van der Waals surface area contributed by atoms with Crippen LogP contribution in [-0.4, -0.2) is 12.9 Å². The van der Waals surface area contributed by atoms with Gasteiger partial charge in [0, 0.05) is 20.5 Å². The molecule has 0 spiro atoms. The lowest BCUT2D eigenvalue weighted by Gasteiger charge is -2.29. The van der Waals surface area contributed by atoms with Gasteiger partial charge in [-0.1, -0.05) is 63.6 Å². The molecule has 1 unspecified atom stereocenters. The van der Waals surface area contributed by atoms with Crippen LogP contribution >= 0.6 is 0 Å². The van der Waals surface area contributed by atoms with E-state index in [0.717, 1.165) is 18.6 Å². The van der Waals surface area contributed by atoms with E-state index < -0.39 is 5.79 Å². The molecule has 0 aliphatic rings. The van der Waals surface area contributed by atoms with Gasteiger partial charge in [0.25, 0.3) is 0 Å². The molecule has 0 saturated heterocycles. The van der Waals surface area contributed by atoms with Gasteiger partial charge in [-0.2, -0.15) is 0 Å². The summed E-state index contributed by atoms with van der Waals surface area (Å²) in [7, 11) is 1.73. The fourth-order valence-electron chi connectivity index (χ4n) is 2.34. The SMILES string of the molecule is CCCCCCCCCC(C)(OC)Oc1ccccc1.